The summed E-state index contributed by atoms with van der Waals surface area (Å²) in [6, 6.07) is 8.09. The van der Waals surface area contributed by atoms with E-state index in [0.717, 1.165) is 29.8 Å². The molecular formula is C15H24N2OS. The van der Waals surface area contributed by atoms with E-state index in [4.69, 9.17) is 5.73 Å². The van der Waals surface area contributed by atoms with Crippen molar-refractivity contribution in [1.82, 2.24) is 4.90 Å². The van der Waals surface area contributed by atoms with Crippen molar-refractivity contribution in [2.45, 2.75) is 32.2 Å². The lowest BCUT2D eigenvalue weighted by atomic mass is 10.1. The summed E-state index contributed by atoms with van der Waals surface area (Å²) in [5.41, 5.74) is 7.62. The van der Waals surface area contributed by atoms with Crippen LogP contribution in [0.4, 0.5) is 5.69 Å². The number of hydrogen-bond acceptors (Lipinski definition) is 3. The van der Waals surface area contributed by atoms with Crippen LogP contribution in [0.5, 0.6) is 0 Å². The Morgan fingerprint density at radius 1 is 1.47 bits per heavy atom. The molecule has 1 aromatic rings. The summed E-state index contributed by atoms with van der Waals surface area (Å²) in [6.45, 7) is 2.13. The molecule has 1 amide bonds. The topological polar surface area (TPSA) is 46.3 Å². The quantitative estimate of drug-likeness (QED) is 0.781. The van der Waals surface area contributed by atoms with Gasteiger partial charge in [0.05, 0.1) is 0 Å². The third-order valence-electron chi connectivity index (χ3n) is 3.35. The lowest BCUT2D eigenvalue weighted by molar-refractivity contribution is -0.131. The number of carbonyl (C=O) groups excluding carboxylic acids is 1. The molecule has 1 atom stereocenters. The molecule has 0 heterocycles. The van der Waals surface area contributed by atoms with E-state index in [1.807, 2.05) is 36.2 Å². The highest BCUT2D eigenvalue weighted by atomic mass is 32.2. The minimum atomic E-state index is 0.211. The van der Waals surface area contributed by atoms with Crippen molar-refractivity contribution in [2.75, 3.05) is 24.8 Å². The fraction of sp³-hybridized carbons (Fsp3) is 0.533. The fourth-order valence-corrected chi connectivity index (χ4v) is 2.92. The van der Waals surface area contributed by atoms with Crippen molar-refractivity contribution < 1.29 is 4.79 Å². The molecule has 0 aliphatic rings. The lowest BCUT2D eigenvalue weighted by Gasteiger charge is -2.26. The Balaban J connectivity index is 2.50. The lowest BCUT2D eigenvalue weighted by Crippen LogP contribution is -2.38. The maximum Gasteiger partial charge on any atom is 0.222 e. The maximum absolute atomic E-state index is 12.2. The molecule has 0 saturated carbocycles. The van der Waals surface area contributed by atoms with Gasteiger partial charge in [0.2, 0.25) is 5.91 Å². The van der Waals surface area contributed by atoms with Gasteiger partial charge in [-0.15, -0.1) is 0 Å². The average Bonchev–Trinajstić information content (AvgIpc) is 2.41. The second kappa shape index (κ2) is 8.10. The van der Waals surface area contributed by atoms with Gasteiger partial charge in [-0.2, -0.15) is 11.8 Å². The Labute approximate surface area is 120 Å². The minimum absolute atomic E-state index is 0.211. The Hall–Kier alpha value is -1.16. The van der Waals surface area contributed by atoms with Crippen molar-refractivity contribution in [1.29, 1.82) is 0 Å². The predicted molar refractivity (Wildman–Crippen MR) is 84.4 cm³/mol. The Morgan fingerprint density at radius 2 is 2.21 bits per heavy atom. The zero-order valence-corrected chi connectivity index (χ0v) is 12.9. The molecule has 0 spiro atoms. The maximum atomic E-state index is 12.2. The fourth-order valence-electron chi connectivity index (χ4n) is 2.08. The van der Waals surface area contributed by atoms with Crippen LogP contribution in [0, 0.1) is 0 Å². The summed E-state index contributed by atoms with van der Waals surface area (Å²) < 4.78 is 0. The molecule has 0 radical (unpaired) electrons. The second-order valence-electron chi connectivity index (χ2n) is 4.77. The standard InChI is InChI=1S/C15H24N2OS/c1-4-14(11-19-3)17(2)15(18)9-8-12-6-5-7-13(16)10-12/h5-7,10,14H,4,8-9,11,16H2,1-3H3. The molecule has 106 valence electrons. The van der Waals surface area contributed by atoms with E-state index < -0.39 is 0 Å². The van der Waals surface area contributed by atoms with Crippen LogP contribution in [0.3, 0.4) is 0 Å². The first kappa shape index (κ1) is 15.9. The van der Waals surface area contributed by atoms with Crippen LogP contribution in [-0.4, -0.2) is 35.9 Å². The third-order valence-corrected chi connectivity index (χ3v) is 4.07. The number of aryl methyl sites for hydroxylation is 1. The van der Waals surface area contributed by atoms with Gasteiger partial charge in [0.15, 0.2) is 0 Å². The number of nitrogen functional groups attached to an aromatic ring is 1. The molecule has 0 aliphatic carbocycles. The summed E-state index contributed by atoms with van der Waals surface area (Å²) in [6.07, 6.45) is 4.38. The molecule has 1 unspecified atom stereocenters. The van der Waals surface area contributed by atoms with Gasteiger partial charge in [0.25, 0.3) is 0 Å². The molecule has 3 nitrogen and oxygen atoms in total. The average molecular weight is 280 g/mol. The number of amides is 1. The van der Waals surface area contributed by atoms with Crippen LogP contribution in [0.2, 0.25) is 0 Å². The molecule has 4 heteroatoms. The first-order chi connectivity index (χ1) is 9.08. The smallest absolute Gasteiger partial charge is 0.222 e. The normalized spacial score (nSPS) is 12.2. The van der Waals surface area contributed by atoms with Crippen molar-refractivity contribution >= 4 is 23.4 Å². The Bertz CT molecular complexity index is 409. The molecule has 1 rings (SSSR count). The summed E-state index contributed by atoms with van der Waals surface area (Å²) >= 11 is 1.79. The largest absolute Gasteiger partial charge is 0.399 e. The van der Waals surface area contributed by atoms with Crippen molar-refractivity contribution in [3.8, 4) is 0 Å². The van der Waals surface area contributed by atoms with Gasteiger partial charge in [-0.1, -0.05) is 19.1 Å². The van der Waals surface area contributed by atoms with Crippen LogP contribution in [-0.2, 0) is 11.2 Å². The van der Waals surface area contributed by atoms with Crippen LogP contribution >= 0.6 is 11.8 Å². The van der Waals surface area contributed by atoms with E-state index in [2.05, 4.69) is 13.2 Å². The van der Waals surface area contributed by atoms with E-state index in [1.54, 1.807) is 11.8 Å². The summed E-state index contributed by atoms with van der Waals surface area (Å²) in [7, 11) is 1.91. The van der Waals surface area contributed by atoms with Crippen LogP contribution in [0.25, 0.3) is 0 Å². The number of anilines is 1. The third kappa shape index (κ3) is 5.15. The molecule has 0 fully saturated rings. The number of nitrogens with zero attached hydrogens (tertiary/aromatic N) is 1. The summed E-state index contributed by atoms with van der Waals surface area (Å²) in [4.78, 5) is 14.1. The van der Waals surface area contributed by atoms with Gasteiger partial charge >= 0.3 is 0 Å². The molecule has 0 bridgehead atoms. The number of nitrogens with two attached hydrogens (primary N) is 1. The monoisotopic (exact) mass is 280 g/mol. The van der Waals surface area contributed by atoms with Gasteiger partial charge in [0.1, 0.15) is 0 Å². The van der Waals surface area contributed by atoms with Gasteiger partial charge in [-0.3, -0.25) is 4.79 Å². The highest BCUT2D eigenvalue weighted by molar-refractivity contribution is 7.98. The van der Waals surface area contributed by atoms with E-state index in [9.17, 15) is 4.79 Å². The van der Waals surface area contributed by atoms with Gasteiger partial charge in [0, 0.05) is 31.0 Å². The van der Waals surface area contributed by atoms with E-state index in [1.165, 1.54) is 0 Å². The Morgan fingerprint density at radius 3 is 2.79 bits per heavy atom. The first-order valence-corrected chi connectivity index (χ1v) is 8.06. The molecule has 0 aromatic heterocycles. The first-order valence-electron chi connectivity index (χ1n) is 6.67. The van der Waals surface area contributed by atoms with Crippen LogP contribution in [0.15, 0.2) is 24.3 Å². The minimum Gasteiger partial charge on any atom is -0.399 e. The highest BCUT2D eigenvalue weighted by Gasteiger charge is 2.17. The molecule has 0 saturated heterocycles. The van der Waals surface area contributed by atoms with Crippen molar-refractivity contribution in [3.63, 3.8) is 0 Å². The van der Waals surface area contributed by atoms with Crippen molar-refractivity contribution in [3.05, 3.63) is 29.8 Å². The number of benzene rings is 1. The number of thioether (sulfide) groups is 1. The number of carbonyl (C=O) groups is 1. The van der Waals surface area contributed by atoms with E-state index in [-0.39, 0.29) is 5.91 Å². The SMILES string of the molecule is CCC(CSC)N(C)C(=O)CCc1cccc(N)c1. The highest BCUT2D eigenvalue weighted by Crippen LogP contribution is 2.13. The molecule has 0 aliphatic heterocycles. The molecule has 1 aromatic carbocycles. The molecular weight excluding hydrogens is 256 g/mol. The van der Waals surface area contributed by atoms with E-state index in [0.29, 0.717) is 12.5 Å². The van der Waals surface area contributed by atoms with Gasteiger partial charge in [-0.05, 0) is 36.8 Å². The number of hydrogen-bond donors (Lipinski definition) is 1. The zero-order valence-electron chi connectivity index (χ0n) is 12.1. The van der Waals surface area contributed by atoms with Crippen LogP contribution in [0.1, 0.15) is 25.3 Å². The van der Waals surface area contributed by atoms with Crippen LogP contribution < -0.4 is 5.73 Å². The van der Waals surface area contributed by atoms with E-state index >= 15 is 0 Å². The van der Waals surface area contributed by atoms with Crippen molar-refractivity contribution in [2.24, 2.45) is 0 Å². The molecule has 2 N–H and O–H groups in total. The van der Waals surface area contributed by atoms with Gasteiger partial charge < -0.3 is 10.6 Å². The summed E-state index contributed by atoms with van der Waals surface area (Å²) in [5.74, 6) is 1.21. The Kier molecular flexibility index (Phi) is 6.78. The zero-order chi connectivity index (χ0) is 14.3. The summed E-state index contributed by atoms with van der Waals surface area (Å²) in [5, 5.41) is 0. The molecule has 19 heavy (non-hydrogen) atoms. The predicted octanol–water partition coefficient (Wildman–Crippen LogP) is 2.80. The second-order valence-corrected chi connectivity index (χ2v) is 5.68. The van der Waals surface area contributed by atoms with Gasteiger partial charge in [-0.25, -0.2) is 0 Å². The number of rotatable bonds is 7.